The van der Waals surface area contributed by atoms with E-state index in [1.54, 1.807) is 17.4 Å². The van der Waals surface area contributed by atoms with Gasteiger partial charge in [-0.05, 0) is 54.4 Å². The third kappa shape index (κ3) is 3.51. The van der Waals surface area contributed by atoms with Crippen molar-refractivity contribution in [2.24, 2.45) is 0 Å². The second kappa shape index (κ2) is 6.69. The third-order valence-electron chi connectivity index (χ3n) is 3.55. The van der Waals surface area contributed by atoms with Crippen LogP contribution in [0.3, 0.4) is 0 Å². The molecule has 1 nitrogen and oxygen atoms in total. The van der Waals surface area contributed by atoms with Gasteiger partial charge in [-0.25, -0.2) is 4.39 Å². The Morgan fingerprint density at radius 2 is 2.14 bits per heavy atom. The Kier molecular flexibility index (Phi) is 4.68. The van der Waals surface area contributed by atoms with Gasteiger partial charge in [-0.15, -0.1) is 22.7 Å². The van der Waals surface area contributed by atoms with Crippen molar-refractivity contribution >= 4 is 32.8 Å². The van der Waals surface area contributed by atoms with Crippen molar-refractivity contribution in [3.8, 4) is 0 Å². The summed E-state index contributed by atoms with van der Waals surface area (Å²) in [5, 5.41) is 6.82. The summed E-state index contributed by atoms with van der Waals surface area (Å²) < 4.78 is 14.4. The van der Waals surface area contributed by atoms with Crippen LogP contribution in [0.5, 0.6) is 0 Å². The van der Waals surface area contributed by atoms with Crippen LogP contribution in [0.4, 0.5) is 4.39 Å². The van der Waals surface area contributed by atoms with E-state index in [2.05, 4.69) is 35.8 Å². The van der Waals surface area contributed by atoms with E-state index in [4.69, 9.17) is 0 Å². The minimum absolute atomic E-state index is 0.158. The smallest absolute Gasteiger partial charge is 0.124 e. The normalized spacial score (nSPS) is 12.9. The molecule has 0 spiro atoms. The molecule has 0 saturated heterocycles. The molecule has 4 heteroatoms. The predicted octanol–water partition coefficient (Wildman–Crippen LogP) is 5.39. The van der Waals surface area contributed by atoms with Gasteiger partial charge in [0.15, 0.2) is 0 Å². The summed E-state index contributed by atoms with van der Waals surface area (Å²) in [7, 11) is 0. The molecule has 0 aliphatic carbocycles. The summed E-state index contributed by atoms with van der Waals surface area (Å²) in [4.78, 5) is 2.72. The molecular formula is C17H18FNS2. The first-order chi connectivity index (χ1) is 10.3. The number of hydrogen-bond donors (Lipinski definition) is 1. The van der Waals surface area contributed by atoms with E-state index in [0.29, 0.717) is 6.04 Å². The molecular weight excluding hydrogens is 301 g/mol. The number of nitrogens with one attached hydrogen (secondary N) is 1. The van der Waals surface area contributed by atoms with Gasteiger partial charge in [0.05, 0.1) is 0 Å². The molecule has 1 aromatic carbocycles. The Morgan fingerprint density at radius 1 is 1.24 bits per heavy atom. The largest absolute Gasteiger partial charge is 0.310 e. The van der Waals surface area contributed by atoms with Crippen molar-refractivity contribution in [2.45, 2.75) is 25.8 Å². The first kappa shape index (κ1) is 14.7. The molecule has 0 bridgehead atoms. The van der Waals surface area contributed by atoms with Gasteiger partial charge in [0, 0.05) is 20.5 Å². The second-order valence-corrected chi connectivity index (χ2v) is 7.21. The van der Waals surface area contributed by atoms with Gasteiger partial charge in [-0.2, -0.15) is 0 Å². The lowest BCUT2D eigenvalue weighted by atomic mass is 10.1. The Balaban J connectivity index is 1.80. The van der Waals surface area contributed by atoms with E-state index < -0.39 is 0 Å². The van der Waals surface area contributed by atoms with Crippen LogP contribution < -0.4 is 5.32 Å². The van der Waals surface area contributed by atoms with E-state index in [-0.39, 0.29) is 5.82 Å². The SMILES string of the molecule is CCNC(CCc1cccs1)c1cc2ccc(F)cc2s1. The molecule has 0 fully saturated rings. The van der Waals surface area contributed by atoms with E-state index in [9.17, 15) is 4.39 Å². The van der Waals surface area contributed by atoms with Gasteiger partial charge >= 0.3 is 0 Å². The zero-order valence-corrected chi connectivity index (χ0v) is 13.6. The molecule has 0 radical (unpaired) electrons. The topological polar surface area (TPSA) is 12.0 Å². The van der Waals surface area contributed by atoms with Crippen molar-refractivity contribution in [2.75, 3.05) is 6.54 Å². The highest BCUT2D eigenvalue weighted by molar-refractivity contribution is 7.19. The summed E-state index contributed by atoms with van der Waals surface area (Å²) in [5.74, 6) is -0.158. The monoisotopic (exact) mass is 319 g/mol. The van der Waals surface area contributed by atoms with Gasteiger partial charge in [-0.3, -0.25) is 0 Å². The lowest BCUT2D eigenvalue weighted by Gasteiger charge is -2.15. The van der Waals surface area contributed by atoms with Crippen LogP contribution in [0.1, 0.15) is 29.1 Å². The molecule has 2 aromatic heterocycles. The van der Waals surface area contributed by atoms with Gasteiger partial charge in [-0.1, -0.05) is 19.1 Å². The molecule has 0 saturated carbocycles. The van der Waals surface area contributed by atoms with Crippen LogP contribution in [-0.2, 0) is 6.42 Å². The number of benzene rings is 1. The van der Waals surface area contributed by atoms with Crippen LogP contribution in [0.2, 0.25) is 0 Å². The van der Waals surface area contributed by atoms with Crippen LogP contribution in [0.15, 0.2) is 41.8 Å². The molecule has 0 aliphatic heterocycles. The Labute approximate surface area is 132 Å². The molecule has 110 valence electrons. The minimum atomic E-state index is -0.158. The van der Waals surface area contributed by atoms with Crippen molar-refractivity contribution in [1.29, 1.82) is 0 Å². The fourth-order valence-electron chi connectivity index (χ4n) is 2.53. The molecule has 0 amide bonds. The maximum Gasteiger partial charge on any atom is 0.124 e. The first-order valence-corrected chi connectivity index (χ1v) is 8.90. The average molecular weight is 319 g/mol. The average Bonchev–Trinajstić information content (AvgIpc) is 3.11. The van der Waals surface area contributed by atoms with E-state index in [1.807, 2.05) is 17.4 Å². The summed E-state index contributed by atoms with van der Waals surface area (Å²) in [6.07, 6.45) is 2.15. The Bertz CT molecular complexity index is 703. The second-order valence-electron chi connectivity index (χ2n) is 5.06. The van der Waals surface area contributed by atoms with Gasteiger partial charge < -0.3 is 5.32 Å². The molecule has 0 aliphatic rings. The molecule has 2 heterocycles. The number of hydrogen-bond acceptors (Lipinski definition) is 3. The molecule has 1 unspecified atom stereocenters. The quantitative estimate of drug-likeness (QED) is 0.642. The molecule has 3 rings (SSSR count). The fraction of sp³-hybridized carbons (Fsp3) is 0.294. The summed E-state index contributed by atoms with van der Waals surface area (Å²) >= 11 is 3.51. The lowest BCUT2D eigenvalue weighted by molar-refractivity contribution is 0.525. The van der Waals surface area contributed by atoms with Crippen molar-refractivity contribution < 1.29 is 4.39 Å². The highest BCUT2D eigenvalue weighted by Crippen LogP contribution is 2.32. The zero-order valence-electron chi connectivity index (χ0n) is 11.9. The summed E-state index contributed by atoms with van der Waals surface area (Å²) in [6, 6.07) is 11.9. The van der Waals surface area contributed by atoms with E-state index in [1.165, 1.54) is 15.8 Å². The van der Waals surface area contributed by atoms with Crippen molar-refractivity contribution in [3.63, 3.8) is 0 Å². The van der Waals surface area contributed by atoms with Gasteiger partial charge in [0.1, 0.15) is 5.82 Å². The number of aryl methyl sites for hydroxylation is 1. The van der Waals surface area contributed by atoms with Crippen molar-refractivity contribution in [3.05, 3.63) is 57.3 Å². The predicted molar refractivity (Wildman–Crippen MR) is 90.8 cm³/mol. The zero-order chi connectivity index (χ0) is 14.7. The highest BCUT2D eigenvalue weighted by Gasteiger charge is 2.14. The van der Waals surface area contributed by atoms with E-state index in [0.717, 1.165) is 29.5 Å². The lowest BCUT2D eigenvalue weighted by Crippen LogP contribution is -2.20. The van der Waals surface area contributed by atoms with Crippen LogP contribution in [0, 0.1) is 5.82 Å². The van der Waals surface area contributed by atoms with E-state index >= 15 is 0 Å². The Morgan fingerprint density at radius 3 is 2.90 bits per heavy atom. The van der Waals surface area contributed by atoms with Crippen LogP contribution in [0.25, 0.3) is 10.1 Å². The molecule has 3 aromatic rings. The summed E-state index contributed by atoms with van der Waals surface area (Å²) in [5.41, 5.74) is 0. The number of thiophene rings is 2. The summed E-state index contributed by atoms with van der Waals surface area (Å²) in [6.45, 7) is 3.07. The maximum atomic E-state index is 13.3. The third-order valence-corrected chi connectivity index (χ3v) is 5.70. The molecule has 1 atom stereocenters. The van der Waals surface area contributed by atoms with Crippen LogP contribution >= 0.6 is 22.7 Å². The van der Waals surface area contributed by atoms with Crippen molar-refractivity contribution in [1.82, 2.24) is 5.32 Å². The minimum Gasteiger partial charge on any atom is -0.310 e. The molecule has 1 N–H and O–H groups in total. The number of fused-ring (bicyclic) bond motifs is 1. The van der Waals surface area contributed by atoms with Crippen LogP contribution in [-0.4, -0.2) is 6.54 Å². The number of halogens is 1. The fourth-order valence-corrected chi connectivity index (χ4v) is 4.45. The highest BCUT2D eigenvalue weighted by atomic mass is 32.1. The maximum absolute atomic E-state index is 13.3. The number of rotatable bonds is 6. The molecule has 21 heavy (non-hydrogen) atoms. The van der Waals surface area contributed by atoms with Gasteiger partial charge in [0.25, 0.3) is 0 Å². The first-order valence-electron chi connectivity index (χ1n) is 7.21. The Hall–Kier alpha value is -1.23. The van der Waals surface area contributed by atoms with Gasteiger partial charge in [0.2, 0.25) is 0 Å². The standard InChI is InChI=1S/C17H18FNS2/c1-2-19-15(8-7-14-4-3-9-20-14)17-10-12-5-6-13(18)11-16(12)21-17/h3-6,9-11,15,19H,2,7-8H2,1H3.